The van der Waals surface area contributed by atoms with Crippen LogP contribution in [0.15, 0.2) is 33.2 Å². The molecule has 2 N–H and O–H groups in total. The van der Waals surface area contributed by atoms with E-state index in [4.69, 9.17) is 5.73 Å². The average Bonchev–Trinajstić information content (AvgIpc) is 2.32. The van der Waals surface area contributed by atoms with Crippen LogP contribution in [0.3, 0.4) is 0 Å². The minimum absolute atomic E-state index is 0.0814. The summed E-state index contributed by atoms with van der Waals surface area (Å²) >= 11 is 6.96. The van der Waals surface area contributed by atoms with E-state index in [9.17, 15) is 0 Å². The van der Waals surface area contributed by atoms with Crippen molar-refractivity contribution < 1.29 is 0 Å². The predicted molar refractivity (Wildman–Crippen MR) is 89.8 cm³/mol. The largest absolute Gasteiger partial charge is 0.383 e. The molecule has 0 aliphatic rings. The molecule has 0 radical (unpaired) electrons. The van der Waals surface area contributed by atoms with Gasteiger partial charge in [-0.05, 0) is 33.6 Å². The Kier molecular flexibility index (Phi) is 4.49. The molecular weight excluding hydrogens is 382 g/mol. The molecule has 0 aliphatic carbocycles. The number of hydrogen-bond acceptors (Lipinski definition) is 3. The van der Waals surface area contributed by atoms with Crippen LogP contribution in [0, 0.1) is 0 Å². The fraction of sp³-hybridized carbons (Fsp3) is 0.333. The maximum Gasteiger partial charge on any atom is 0.141 e. The minimum atomic E-state index is -0.0814. The lowest BCUT2D eigenvalue weighted by Crippen LogP contribution is -2.18. The van der Waals surface area contributed by atoms with Crippen molar-refractivity contribution in [2.24, 2.45) is 0 Å². The lowest BCUT2D eigenvalue weighted by molar-refractivity contribution is 0.560. The van der Waals surface area contributed by atoms with Gasteiger partial charge in [0.05, 0.1) is 10.2 Å². The van der Waals surface area contributed by atoms with Gasteiger partial charge in [0.25, 0.3) is 0 Å². The molecule has 0 saturated carbocycles. The van der Waals surface area contributed by atoms with Crippen LogP contribution in [0.1, 0.15) is 37.9 Å². The lowest BCUT2D eigenvalue weighted by Gasteiger charge is -2.20. The van der Waals surface area contributed by atoms with Crippen LogP contribution < -0.4 is 5.73 Å². The van der Waals surface area contributed by atoms with Crippen LogP contribution in [0.2, 0.25) is 0 Å². The third-order valence-corrected chi connectivity index (χ3v) is 4.16. The monoisotopic (exact) mass is 397 g/mol. The molecule has 1 aromatic heterocycles. The first-order valence-electron chi connectivity index (χ1n) is 6.34. The molecule has 0 unspecified atom stereocenters. The third-order valence-electron chi connectivity index (χ3n) is 2.88. The van der Waals surface area contributed by atoms with Crippen molar-refractivity contribution in [3.63, 3.8) is 0 Å². The quantitative estimate of drug-likeness (QED) is 0.811. The summed E-state index contributed by atoms with van der Waals surface area (Å²) in [4.78, 5) is 9.05. The first-order valence-corrected chi connectivity index (χ1v) is 7.93. The maximum absolute atomic E-state index is 5.99. The Morgan fingerprint density at radius 2 is 1.85 bits per heavy atom. The van der Waals surface area contributed by atoms with Gasteiger partial charge in [-0.15, -0.1) is 0 Å². The van der Waals surface area contributed by atoms with Crippen molar-refractivity contribution >= 4 is 37.7 Å². The van der Waals surface area contributed by atoms with Gasteiger partial charge >= 0.3 is 0 Å². The van der Waals surface area contributed by atoms with Crippen LogP contribution in [0.4, 0.5) is 5.82 Å². The zero-order valence-electron chi connectivity index (χ0n) is 11.7. The van der Waals surface area contributed by atoms with Gasteiger partial charge in [-0.3, -0.25) is 0 Å². The standard InChI is InChI=1S/C15H17Br2N3/c1-15(2,3)13-12(17)14(18)20-11(19-13)8-9-5-4-6-10(16)7-9/h4-7H,8H2,1-3H3,(H2,18,19,20). The molecule has 0 aliphatic heterocycles. The first-order chi connectivity index (χ1) is 9.27. The van der Waals surface area contributed by atoms with Crippen LogP contribution in [-0.4, -0.2) is 9.97 Å². The van der Waals surface area contributed by atoms with Crippen molar-refractivity contribution in [1.29, 1.82) is 0 Å². The highest BCUT2D eigenvalue weighted by atomic mass is 79.9. The molecule has 0 atom stereocenters. The molecular formula is C15H17Br2N3. The Bertz CT molecular complexity index is 634. The maximum atomic E-state index is 5.99. The SMILES string of the molecule is CC(C)(C)c1nc(Cc2cccc(Br)c2)nc(N)c1Br. The number of halogens is 2. The highest BCUT2D eigenvalue weighted by Crippen LogP contribution is 2.31. The summed E-state index contributed by atoms with van der Waals surface area (Å²) in [6.45, 7) is 6.34. The summed E-state index contributed by atoms with van der Waals surface area (Å²) in [7, 11) is 0. The highest BCUT2D eigenvalue weighted by molar-refractivity contribution is 9.11. The van der Waals surface area contributed by atoms with Crippen LogP contribution >= 0.6 is 31.9 Å². The Balaban J connectivity index is 2.41. The Hall–Kier alpha value is -0.940. The number of anilines is 1. The van der Waals surface area contributed by atoms with Gasteiger partial charge in [0.15, 0.2) is 0 Å². The Labute approximate surface area is 136 Å². The van der Waals surface area contributed by atoms with Gasteiger partial charge in [0.2, 0.25) is 0 Å². The number of nitrogen functional groups attached to an aromatic ring is 1. The molecule has 0 bridgehead atoms. The molecule has 0 amide bonds. The van der Waals surface area contributed by atoms with Gasteiger partial charge < -0.3 is 5.73 Å². The summed E-state index contributed by atoms with van der Waals surface area (Å²) in [6, 6.07) is 8.13. The van der Waals surface area contributed by atoms with E-state index in [2.05, 4.69) is 74.7 Å². The summed E-state index contributed by atoms with van der Waals surface area (Å²) in [5.74, 6) is 1.24. The van der Waals surface area contributed by atoms with E-state index in [1.165, 1.54) is 0 Å². The van der Waals surface area contributed by atoms with Gasteiger partial charge in [-0.25, -0.2) is 9.97 Å². The Morgan fingerprint density at radius 1 is 1.15 bits per heavy atom. The van der Waals surface area contributed by atoms with E-state index in [1.807, 2.05) is 12.1 Å². The molecule has 2 aromatic rings. The molecule has 3 nitrogen and oxygen atoms in total. The number of hydrogen-bond donors (Lipinski definition) is 1. The van der Waals surface area contributed by atoms with Gasteiger partial charge in [0, 0.05) is 16.3 Å². The van der Waals surface area contributed by atoms with Crippen molar-refractivity contribution in [2.45, 2.75) is 32.6 Å². The topological polar surface area (TPSA) is 51.8 Å². The zero-order chi connectivity index (χ0) is 14.9. The molecule has 20 heavy (non-hydrogen) atoms. The summed E-state index contributed by atoms with van der Waals surface area (Å²) in [5, 5.41) is 0. The summed E-state index contributed by atoms with van der Waals surface area (Å²) in [6.07, 6.45) is 0.667. The smallest absolute Gasteiger partial charge is 0.141 e. The molecule has 1 heterocycles. The molecule has 106 valence electrons. The summed E-state index contributed by atoms with van der Waals surface area (Å²) < 4.78 is 1.85. The molecule has 0 spiro atoms. The molecule has 0 saturated heterocycles. The van der Waals surface area contributed by atoms with E-state index in [1.54, 1.807) is 0 Å². The second kappa shape index (κ2) is 5.82. The lowest BCUT2D eigenvalue weighted by atomic mass is 9.92. The van der Waals surface area contributed by atoms with Gasteiger partial charge in [0.1, 0.15) is 11.6 Å². The Morgan fingerprint density at radius 3 is 2.45 bits per heavy atom. The molecule has 0 fully saturated rings. The molecule has 2 rings (SSSR count). The molecule has 5 heteroatoms. The van der Waals surface area contributed by atoms with E-state index >= 15 is 0 Å². The highest BCUT2D eigenvalue weighted by Gasteiger charge is 2.22. The number of nitrogens with zero attached hydrogens (tertiary/aromatic N) is 2. The van der Waals surface area contributed by atoms with Gasteiger partial charge in [-0.2, -0.15) is 0 Å². The van der Waals surface area contributed by atoms with Crippen LogP contribution in [0.25, 0.3) is 0 Å². The van der Waals surface area contributed by atoms with Crippen LogP contribution in [0.5, 0.6) is 0 Å². The zero-order valence-corrected chi connectivity index (χ0v) is 14.9. The minimum Gasteiger partial charge on any atom is -0.383 e. The number of benzene rings is 1. The summed E-state index contributed by atoms with van der Waals surface area (Å²) in [5.41, 5.74) is 8.01. The second-order valence-corrected chi connectivity index (χ2v) is 7.45. The van der Waals surface area contributed by atoms with Crippen molar-refractivity contribution in [3.8, 4) is 0 Å². The first kappa shape index (κ1) is 15.4. The van der Waals surface area contributed by atoms with E-state index in [0.717, 1.165) is 26.0 Å². The fourth-order valence-electron chi connectivity index (χ4n) is 1.92. The molecule has 1 aromatic carbocycles. The van der Waals surface area contributed by atoms with Gasteiger partial charge in [-0.1, -0.05) is 48.8 Å². The van der Waals surface area contributed by atoms with Crippen molar-refractivity contribution in [1.82, 2.24) is 9.97 Å². The average molecular weight is 399 g/mol. The van der Waals surface area contributed by atoms with Crippen molar-refractivity contribution in [3.05, 3.63) is 50.3 Å². The predicted octanol–water partition coefficient (Wildman–Crippen LogP) is 4.47. The van der Waals surface area contributed by atoms with Crippen molar-refractivity contribution in [2.75, 3.05) is 5.73 Å². The number of aromatic nitrogens is 2. The van der Waals surface area contributed by atoms with E-state index < -0.39 is 0 Å². The number of nitrogens with two attached hydrogens (primary N) is 1. The second-order valence-electron chi connectivity index (χ2n) is 5.74. The van der Waals surface area contributed by atoms with E-state index in [0.29, 0.717) is 12.2 Å². The fourth-order valence-corrected chi connectivity index (χ4v) is 3.14. The van der Waals surface area contributed by atoms with Crippen LogP contribution in [-0.2, 0) is 11.8 Å². The van der Waals surface area contributed by atoms with E-state index in [-0.39, 0.29) is 5.41 Å². The third kappa shape index (κ3) is 3.58. The number of rotatable bonds is 2. The normalized spacial score (nSPS) is 11.7.